The smallest absolute Gasteiger partial charge is 0.338 e. The number of aromatic amines is 1. The van der Waals surface area contributed by atoms with Crippen LogP contribution in [0.4, 0.5) is 5.69 Å². The zero-order valence-corrected chi connectivity index (χ0v) is 18.2. The van der Waals surface area contributed by atoms with Crippen LogP contribution in [-0.4, -0.2) is 33.0 Å². The third kappa shape index (κ3) is 4.68. The predicted molar refractivity (Wildman–Crippen MR) is 122 cm³/mol. The van der Waals surface area contributed by atoms with Crippen molar-refractivity contribution in [3.63, 3.8) is 0 Å². The molecule has 8 nitrogen and oxygen atoms in total. The zero-order chi connectivity index (χ0) is 22.7. The molecule has 2 aromatic heterocycles. The number of H-pyrrole nitrogens is 1. The maximum absolute atomic E-state index is 12.3. The van der Waals surface area contributed by atoms with E-state index in [1.807, 2.05) is 30.5 Å². The van der Waals surface area contributed by atoms with Gasteiger partial charge in [0.05, 0.1) is 22.0 Å². The monoisotopic (exact) mass is 448 g/mol. The second kappa shape index (κ2) is 9.03. The first-order valence-electron chi connectivity index (χ1n) is 9.78. The number of amides is 1. The van der Waals surface area contributed by atoms with Gasteiger partial charge in [0.25, 0.3) is 5.91 Å². The maximum Gasteiger partial charge on any atom is 0.338 e. The van der Waals surface area contributed by atoms with Gasteiger partial charge in [0.2, 0.25) is 0 Å². The van der Waals surface area contributed by atoms with Gasteiger partial charge in [-0.1, -0.05) is 12.1 Å². The molecular formula is C23H20N4O4S. The highest BCUT2D eigenvalue weighted by Crippen LogP contribution is 2.24. The van der Waals surface area contributed by atoms with E-state index in [9.17, 15) is 14.4 Å². The number of aryl methyl sites for hydroxylation is 2. The Labute approximate surface area is 187 Å². The van der Waals surface area contributed by atoms with Crippen molar-refractivity contribution in [2.75, 3.05) is 11.9 Å². The number of hydrogen-bond acceptors (Lipinski definition) is 6. The van der Waals surface area contributed by atoms with Crippen LogP contribution in [0.2, 0.25) is 0 Å². The van der Waals surface area contributed by atoms with E-state index in [-0.39, 0.29) is 11.3 Å². The number of carbonyl (C=O) groups excluding carboxylic acids is 2. The second-order valence-electron chi connectivity index (χ2n) is 7.07. The van der Waals surface area contributed by atoms with Crippen LogP contribution in [0, 0.1) is 13.8 Å². The van der Waals surface area contributed by atoms with E-state index in [1.165, 1.54) is 4.57 Å². The summed E-state index contributed by atoms with van der Waals surface area (Å²) < 4.78 is 6.61. The van der Waals surface area contributed by atoms with E-state index in [4.69, 9.17) is 4.74 Å². The van der Waals surface area contributed by atoms with Crippen molar-refractivity contribution in [1.29, 1.82) is 0 Å². The third-order valence-electron chi connectivity index (χ3n) is 4.72. The molecule has 0 aliphatic rings. The minimum absolute atomic E-state index is 0.261. The van der Waals surface area contributed by atoms with Gasteiger partial charge in [-0.3, -0.25) is 9.36 Å². The summed E-state index contributed by atoms with van der Waals surface area (Å²) in [5.41, 5.74) is 3.71. The Morgan fingerprint density at radius 2 is 1.94 bits per heavy atom. The van der Waals surface area contributed by atoms with Crippen molar-refractivity contribution < 1.29 is 14.3 Å². The molecule has 0 spiro atoms. The molecular weight excluding hydrogens is 428 g/mol. The van der Waals surface area contributed by atoms with Crippen molar-refractivity contribution in [1.82, 2.24) is 14.5 Å². The lowest BCUT2D eigenvalue weighted by Gasteiger charge is -2.08. The Bertz CT molecular complexity index is 1330. The number of nitrogens with zero attached hydrogens (tertiary/aromatic N) is 2. The highest BCUT2D eigenvalue weighted by Gasteiger charge is 2.12. The average molecular weight is 449 g/mol. The van der Waals surface area contributed by atoms with Crippen LogP contribution >= 0.6 is 11.3 Å². The number of hydrogen-bond donors (Lipinski definition) is 2. The van der Waals surface area contributed by atoms with E-state index in [1.54, 1.807) is 54.8 Å². The number of rotatable bonds is 6. The first-order chi connectivity index (χ1) is 15.4. The third-order valence-corrected chi connectivity index (χ3v) is 5.49. The fraction of sp³-hybridized carbons (Fsp3) is 0.130. The van der Waals surface area contributed by atoms with Crippen LogP contribution in [0.3, 0.4) is 0 Å². The minimum Gasteiger partial charge on any atom is -0.452 e. The zero-order valence-electron chi connectivity index (χ0n) is 17.4. The van der Waals surface area contributed by atoms with Crippen molar-refractivity contribution in [3.05, 3.63) is 86.9 Å². The molecule has 0 atom stereocenters. The summed E-state index contributed by atoms with van der Waals surface area (Å²) in [5.74, 6) is -1.08. The number of aromatic nitrogens is 3. The fourth-order valence-corrected chi connectivity index (χ4v) is 3.81. The van der Waals surface area contributed by atoms with Crippen LogP contribution in [0.15, 0.2) is 64.9 Å². The molecule has 32 heavy (non-hydrogen) atoms. The van der Waals surface area contributed by atoms with Gasteiger partial charge in [0, 0.05) is 28.5 Å². The largest absolute Gasteiger partial charge is 0.452 e. The first kappa shape index (κ1) is 21.3. The number of imidazole rings is 1. The van der Waals surface area contributed by atoms with Crippen LogP contribution in [-0.2, 0) is 9.53 Å². The summed E-state index contributed by atoms with van der Waals surface area (Å²) in [6, 6.07) is 13.7. The number of esters is 1. The standard InChI is InChI=1S/C23H20N4O4S/c1-14-11-24-23(30)27(14)19-8-6-16(7-9-19)22(29)31-12-21(28)26-18-5-3-4-17(10-18)20-13-32-15(2)25-20/h3-11,13H,12H2,1-2H3,(H,24,30)(H,26,28). The van der Waals surface area contributed by atoms with Crippen molar-refractivity contribution >= 4 is 28.9 Å². The Morgan fingerprint density at radius 1 is 1.16 bits per heavy atom. The SMILES string of the molecule is Cc1nc(-c2cccc(NC(=O)COC(=O)c3ccc(-n4c(C)c[nH]c4=O)cc3)c2)cs1. The van der Waals surface area contributed by atoms with E-state index in [0.717, 1.165) is 22.0 Å². The fourth-order valence-electron chi connectivity index (χ4n) is 3.19. The Hall–Kier alpha value is -3.98. The lowest BCUT2D eigenvalue weighted by molar-refractivity contribution is -0.119. The van der Waals surface area contributed by atoms with Crippen LogP contribution in [0.5, 0.6) is 0 Å². The topological polar surface area (TPSA) is 106 Å². The molecule has 0 aliphatic carbocycles. The highest BCUT2D eigenvalue weighted by molar-refractivity contribution is 7.09. The summed E-state index contributed by atoms with van der Waals surface area (Å²) in [6.45, 7) is 3.31. The number of benzene rings is 2. The van der Waals surface area contributed by atoms with Crippen molar-refractivity contribution in [2.45, 2.75) is 13.8 Å². The molecule has 4 rings (SSSR count). The number of carbonyl (C=O) groups is 2. The quantitative estimate of drug-likeness (QED) is 0.438. The molecule has 0 saturated heterocycles. The molecule has 2 aromatic carbocycles. The molecule has 0 radical (unpaired) electrons. The van der Waals surface area contributed by atoms with Crippen molar-refractivity contribution in [2.24, 2.45) is 0 Å². The van der Waals surface area contributed by atoms with Gasteiger partial charge in [-0.15, -0.1) is 11.3 Å². The number of anilines is 1. The molecule has 0 saturated carbocycles. The molecule has 0 fully saturated rings. The molecule has 2 heterocycles. The molecule has 162 valence electrons. The average Bonchev–Trinajstić information content (AvgIpc) is 3.37. The summed E-state index contributed by atoms with van der Waals surface area (Å²) in [6.07, 6.45) is 1.61. The second-order valence-corrected chi connectivity index (χ2v) is 8.14. The molecule has 0 aliphatic heterocycles. The van der Waals surface area contributed by atoms with Crippen LogP contribution in [0.25, 0.3) is 16.9 Å². The number of thiazole rings is 1. The van der Waals surface area contributed by atoms with Gasteiger partial charge in [-0.05, 0) is 50.2 Å². The van der Waals surface area contributed by atoms with E-state index >= 15 is 0 Å². The molecule has 1 amide bonds. The predicted octanol–water partition coefficient (Wildman–Crippen LogP) is 3.70. The first-order valence-corrected chi connectivity index (χ1v) is 10.7. The van der Waals surface area contributed by atoms with Gasteiger partial charge in [-0.2, -0.15) is 0 Å². The summed E-state index contributed by atoms with van der Waals surface area (Å²) in [7, 11) is 0. The summed E-state index contributed by atoms with van der Waals surface area (Å²) in [5, 5.41) is 5.64. The lowest BCUT2D eigenvalue weighted by Crippen LogP contribution is -2.21. The molecule has 9 heteroatoms. The van der Waals surface area contributed by atoms with E-state index in [0.29, 0.717) is 11.4 Å². The highest BCUT2D eigenvalue weighted by atomic mass is 32.1. The van der Waals surface area contributed by atoms with Crippen molar-refractivity contribution in [3.8, 4) is 16.9 Å². The Kier molecular flexibility index (Phi) is 6.00. The van der Waals surface area contributed by atoms with Crippen LogP contribution < -0.4 is 11.0 Å². The van der Waals surface area contributed by atoms with Gasteiger partial charge in [-0.25, -0.2) is 14.6 Å². The Morgan fingerprint density at radius 3 is 2.59 bits per heavy atom. The minimum atomic E-state index is -0.628. The van der Waals surface area contributed by atoms with E-state index < -0.39 is 18.5 Å². The van der Waals surface area contributed by atoms with Gasteiger partial charge < -0.3 is 15.0 Å². The molecule has 0 bridgehead atoms. The van der Waals surface area contributed by atoms with Gasteiger partial charge >= 0.3 is 11.7 Å². The van der Waals surface area contributed by atoms with Crippen LogP contribution in [0.1, 0.15) is 21.1 Å². The summed E-state index contributed by atoms with van der Waals surface area (Å²) in [4.78, 5) is 43.4. The Balaban J connectivity index is 1.35. The van der Waals surface area contributed by atoms with Gasteiger partial charge in [0.15, 0.2) is 6.61 Å². The normalized spacial score (nSPS) is 10.7. The molecule has 2 N–H and O–H groups in total. The van der Waals surface area contributed by atoms with Gasteiger partial charge in [0.1, 0.15) is 0 Å². The lowest BCUT2D eigenvalue weighted by atomic mass is 10.1. The number of ether oxygens (including phenoxy) is 1. The molecule has 4 aromatic rings. The number of nitrogens with one attached hydrogen (secondary N) is 2. The maximum atomic E-state index is 12.3. The summed E-state index contributed by atoms with van der Waals surface area (Å²) >= 11 is 1.56. The van der Waals surface area contributed by atoms with E-state index in [2.05, 4.69) is 15.3 Å². The molecule has 0 unspecified atom stereocenters.